The van der Waals surface area contributed by atoms with Crippen molar-refractivity contribution in [3.63, 3.8) is 0 Å². The lowest BCUT2D eigenvalue weighted by molar-refractivity contribution is -0.146. The second-order valence-electron chi connectivity index (χ2n) is 3.31. The summed E-state index contributed by atoms with van der Waals surface area (Å²) in [6, 6.07) is 9.78. The smallest absolute Gasteiger partial charge is 0.303 e. The summed E-state index contributed by atoms with van der Waals surface area (Å²) < 4.78 is 5.25. The first kappa shape index (κ1) is 11.5. The molecule has 2 heteroatoms. The molecule has 0 radical (unpaired) electrons. The van der Waals surface area contributed by atoms with Crippen LogP contribution in [0.15, 0.2) is 42.5 Å². The van der Waals surface area contributed by atoms with Crippen LogP contribution < -0.4 is 0 Å². The number of allylic oxidation sites excluding steroid dienone is 1. The van der Waals surface area contributed by atoms with Gasteiger partial charge in [-0.3, -0.25) is 4.79 Å². The Bertz CT molecular complexity index is 328. The molecular formula is C13H16O2. The summed E-state index contributed by atoms with van der Waals surface area (Å²) in [5.74, 6) is -0.242. The molecule has 0 N–H and O–H groups in total. The third-order valence-corrected chi connectivity index (χ3v) is 2.07. The average Bonchev–Trinajstić information content (AvgIpc) is 2.25. The maximum atomic E-state index is 10.9. The molecule has 0 heterocycles. The Morgan fingerprint density at radius 2 is 2.07 bits per heavy atom. The van der Waals surface area contributed by atoms with Crippen LogP contribution >= 0.6 is 0 Å². The van der Waals surface area contributed by atoms with Gasteiger partial charge in [0.2, 0.25) is 0 Å². The van der Waals surface area contributed by atoms with Gasteiger partial charge in [0.25, 0.3) is 0 Å². The van der Waals surface area contributed by atoms with Gasteiger partial charge in [-0.15, -0.1) is 0 Å². The molecule has 1 atom stereocenters. The minimum atomic E-state index is -0.242. The Hall–Kier alpha value is -1.57. The van der Waals surface area contributed by atoms with Crippen LogP contribution in [0.2, 0.25) is 0 Å². The zero-order chi connectivity index (χ0) is 11.1. The molecule has 1 rings (SSSR count). The molecule has 0 fully saturated rings. The van der Waals surface area contributed by atoms with Gasteiger partial charge in [-0.2, -0.15) is 0 Å². The van der Waals surface area contributed by atoms with E-state index in [0.29, 0.717) is 0 Å². The molecule has 0 bridgehead atoms. The van der Waals surface area contributed by atoms with Gasteiger partial charge in [0, 0.05) is 13.3 Å². The topological polar surface area (TPSA) is 26.3 Å². The summed E-state index contributed by atoms with van der Waals surface area (Å²) in [5.41, 5.74) is 1.03. The highest BCUT2D eigenvalue weighted by Gasteiger charge is 2.11. The second kappa shape index (κ2) is 6.02. The van der Waals surface area contributed by atoms with E-state index in [9.17, 15) is 4.79 Å². The molecule has 0 aliphatic carbocycles. The Kier molecular flexibility index (Phi) is 4.61. The largest absolute Gasteiger partial charge is 0.457 e. The standard InChI is InChI=1S/C13H16O2/c1-3-4-10-13(15-11(2)14)12-8-6-5-7-9-12/h3-9,13H,10H2,1-2H3/b4-3-. The summed E-state index contributed by atoms with van der Waals surface area (Å²) in [5, 5.41) is 0. The van der Waals surface area contributed by atoms with Crippen molar-refractivity contribution < 1.29 is 9.53 Å². The summed E-state index contributed by atoms with van der Waals surface area (Å²) in [4.78, 5) is 10.9. The Balaban J connectivity index is 2.76. The van der Waals surface area contributed by atoms with Gasteiger partial charge in [0.05, 0.1) is 0 Å². The number of esters is 1. The van der Waals surface area contributed by atoms with Crippen molar-refractivity contribution in [1.29, 1.82) is 0 Å². The fraction of sp³-hybridized carbons (Fsp3) is 0.308. The molecule has 80 valence electrons. The van der Waals surface area contributed by atoms with Crippen molar-refractivity contribution in [2.75, 3.05) is 0 Å². The quantitative estimate of drug-likeness (QED) is 0.556. The maximum Gasteiger partial charge on any atom is 0.303 e. The van der Waals surface area contributed by atoms with Crippen LogP contribution in [0, 0.1) is 0 Å². The summed E-state index contributed by atoms with van der Waals surface area (Å²) >= 11 is 0. The average molecular weight is 204 g/mol. The SMILES string of the molecule is C/C=C\CC(OC(C)=O)c1ccccc1. The van der Waals surface area contributed by atoms with E-state index in [0.717, 1.165) is 12.0 Å². The Morgan fingerprint density at radius 3 is 2.60 bits per heavy atom. The summed E-state index contributed by atoms with van der Waals surface area (Å²) in [6.07, 6.45) is 4.51. The normalized spacial score (nSPS) is 12.7. The van der Waals surface area contributed by atoms with E-state index in [2.05, 4.69) is 0 Å². The van der Waals surface area contributed by atoms with E-state index in [-0.39, 0.29) is 12.1 Å². The molecule has 0 aliphatic heterocycles. The predicted octanol–water partition coefficient (Wildman–Crippen LogP) is 3.26. The van der Waals surface area contributed by atoms with E-state index in [4.69, 9.17) is 4.74 Å². The number of hydrogen-bond acceptors (Lipinski definition) is 2. The van der Waals surface area contributed by atoms with Gasteiger partial charge >= 0.3 is 5.97 Å². The zero-order valence-electron chi connectivity index (χ0n) is 9.14. The number of benzene rings is 1. The molecule has 2 nitrogen and oxygen atoms in total. The van der Waals surface area contributed by atoms with E-state index in [1.54, 1.807) is 0 Å². The molecule has 0 spiro atoms. The van der Waals surface area contributed by atoms with Crippen LogP contribution in [0.3, 0.4) is 0 Å². The molecule has 1 aromatic carbocycles. The highest BCUT2D eigenvalue weighted by molar-refractivity contribution is 5.66. The number of carbonyl (C=O) groups is 1. The second-order valence-corrected chi connectivity index (χ2v) is 3.31. The number of rotatable bonds is 4. The molecule has 15 heavy (non-hydrogen) atoms. The minimum Gasteiger partial charge on any atom is -0.457 e. The number of carbonyl (C=O) groups excluding carboxylic acids is 1. The lowest BCUT2D eigenvalue weighted by atomic mass is 10.1. The van der Waals surface area contributed by atoms with Crippen molar-refractivity contribution in [3.8, 4) is 0 Å². The maximum absolute atomic E-state index is 10.9. The monoisotopic (exact) mass is 204 g/mol. The third-order valence-electron chi connectivity index (χ3n) is 2.07. The molecule has 0 amide bonds. The molecular weight excluding hydrogens is 188 g/mol. The van der Waals surface area contributed by atoms with Crippen molar-refractivity contribution >= 4 is 5.97 Å². The first-order chi connectivity index (χ1) is 7.24. The van der Waals surface area contributed by atoms with Crippen LogP contribution in [0.4, 0.5) is 0 Å². The number of ether oxygens (including phenoxy) is 1. The summed E-state index contributed by atoms with van der Waals surface area (Å²) in [6.45, 7) is 3.39. The van der Waals surface area contributed by atoms with E-state index >= 15 is 0 Å². The lowest BCUT2D eigenvalue weighted by Crippen LogP contribution is -2.07. The van der Waals surface area contributed by atoms with Crippen LogP contribution in [-0.2, 0) is 9.53 Å². The van der Waals surface area contributed by atoms with Crippen LogP contribution in [0.5, 0.6) is 0 Å². The zero-order valence-corrected chi connectivity index (χ0v) is 9.14. The summed E-state index contributed by atoms with van der Waals surface area (Å²) in [7, 11) is 0. The van der Waals surface area contributed by atoms with Gasteiger partial charge in [0.1, 0.15) is 6.10 Å². The van der Waals surface area contributed by atoms with E-state index in [1.807, 2.05) is 49.4 Å². The van der Waals surface area contributed by atoms with E-state index < -0.39 is 0 Å². The van der Waals surface area contributed by atoms with Crippen molar-refractivity contribution in [1.82, 2.24) is 0 Å². The molecule has 1 unspecified atom stereocenters. The highest BCUT2D eigenvalue weighted by Crippen LogP contribution is 2.21. The highest BCUT2D eigenvalue weighted by atomic mass is 16.5. The number of hydrogen-bond donors (Lipinski definition) is 0. The first-order valence-electron chi connectivity index (χ1n) is 5.07. The molecule has 0 saturated heterocycles. The van der Waals surface area contributed by atoms with Gasteiger partial charge in [0.15, 0.2) is 0 Å². The molecule has 0 aromatic heterocycles. The molecule has 1 aromatic rings. The first-order valence-corrected chi connectivity index (χ1v) is 5.07. The van der Waals surface area contributed by atoms with Crippen molar-refractivity contribution in [2.24, 2.45) is 0 Å². The fourth-order valence-electron chi connectivity index (χ4n) is 1.38. The van der Waals surface area contributed by atoms with Crippen LogP contribution in [0.1, 0.15) is 31.9 Å². The minimum absolute atomic E-state index is 0.167. The van der Waals surface area contributed by atoms with Gasteiger partial charge in [-0.05, 0) is 12.5 Å². The van der Waals surface area contributed by atoms with E-state index in [1.165, 1.54) is 6.92 Å². The van der Waals surface area contributed by atoms with Gasteiger partial charge < -0.3 is 4.74 Å². The third kappa shape index (κ3) is 3.98. The molecule has 0 aliphatic rings. The van der Waals surface area contributed by atoms with Crippen molar-refractivity contribution in [3.05, 3.63) is 48.0 Å². The van der Waals surface area contributed by atoms with Gasteiger partial charge in [-0.1, -0.05) is 42.5 Å². The van der Waals surface area contributed by atoms with Crippen molar-refractivity contribution in [2.45, 2.75) is 26.4 Å². The Morgan fingerprint density at radius 1 is 1.40 bits per heavy atom. The van der Waals surface area contributed by atoms with Crippen LogP contribution in [-0.4, -0.2) is 5.97 Å². The van der Waals surface area contributed by atoms with Crippen LogP contribution in [0.25, 0.3) is 0 Å². The predicted molar refractivity (Wildman–Crippen MR) is 60.4 cm³/mol. The lowest BCUT2D eigenvalue weighted by Gasteiger charge is -2.15. The fourth-order valence-corrected chi connectivity index (χ4v) is 1.38. The Labute approximate surface area is 90.6 Å². The molecule has 0 saturated carbocycles. The van der Waals surface area contributed by atoms with Gasteiger partial charge in [-0.25, -0.2) is 0 Å².